The first-order valence-corrected chi connectivity index (χ1v) is 5.80. The molecule has 116 valence electrons. The van der Waals surface area contributed by atoms with Crippen molar-refractivity contribution in [3.05, 3.63) is 29.3 Å². The molecule has 0 unspecified atom stereocenters. The van der Waals surface area contributed by atoms with Gasteiger partial charge in [-0.15, -0.1) is 13.2 Å². The minimum absolute atomic E-state index is 0.134. The van der Waals surface area contributed by atoms with E-state index in [1.54, 1.807) is 0 Å². The molecule has 3 nitrogen and oxygen atoms in total. The van der Waals surface area contributed by atoms with Crippen molar-refractivity contribution in [2.24, 2.45) is 0 Å². The third-order valence-electron chi connectivity index (χ3n) is 2.95. The Bertz CT molecular complexity index is 552. The second-order valence-electron chi connectivity index (χ2n) is 4.45. The van der Waals surface area contributed by atoms with Crippen LogP contribution in [0.4, 0.5) is 26.3 Å². The van der Waals surface area contributed by atoms with Crippen molar-refractivity contribution in [1.29, 1.82) is 0 Å². The van der Waals surface area contributed by atoms with E-state index in [-0.39, 0.29) is 18.5 Å². The van der Waals surface area contributed by atoms with Gasteiger partial charge < -0.3 is 9.64 Å². The van der Waals surface area contributed by atoms with Gasteiger partial charge in [0.15, 0.2) is 0 Å². The standard InChI is InChI=1S/C12H9F6NO2/c13-11(14,15)10(20)19-4-3-7-1-2-9(5-8(7)6-19)21-12(16,17)18/h1-2,5H,3-4,6H2. The van der Waals surface area contributed by atoms with Crippen LogP contribution >= 0.6 is 0 Å². The number of hydrogen-bond acceptors (Lipinski definition) is 2. The zero-order valence-corrected chi connectivity index (χ0v) is 10.4. The molecule has 1 amide bonds. The molecule has 0 aliphatic carbocycles. The molecular weight excluding hydrogens is 304 g/mol. The van der Waals surface area contributed by atoms with Gasteiger partial charge in [0.1, 0.15) is 5.75 Å². The number of ether oxygens (including phenoxy) is 1. The molecule has 0 spiro atoms. The number of halogens is 6. The number of benzene rings is 1. The van der Waals surface area contributed by atoms with E-state index in [1.807, 2.05) is 0 Å². The fourth-order valence-electron chi connectivity index (χ4n) is 2.08. The number of hydrogen-bond donors (Lipinski definition) is 0. The Morgan fingerprint density at radius 2 is 1.76 bits per heavy atom. The Labute approximate surface area is 115 Å². The number of alkyl halides is 6. The maximum absolute atomic E-state index is 12.3. The van der Waals surface area contributed by atoms with E-state index < -0.39 is 30.7 Å². The van der Waals surface area contributed by atoms with Crippen molar-refractivity contribution in [1.82, 2.24) is 4.90 Å². The summed E-state index contributed by atoms with van der Waals surface area (Å²) in [5.41, 5.74) is 0.802. The van der Waals surface area contributed by atoms with Crippen LogP contribution in [0.3, 0.4) is 0 Å². The van der Waals surface area contributed by atoms with Crippen LogP contribution < -0.4 is 4.74 Å². The van der Waals surface area contributed by atoms with Crippen molar-refractivity contribution >= 4 is 5.91 Å². The van der Waals surface area contributed by atoms with Crippen LogP contribution in [0.2, 0.25) is 0 Å². The van der Waals surface area contributed by atoms with E-state index in [4.69, 9.17) is 0 Å². The topological polar surface area (TPSA) is 29.5 Å². The summed E-state index contributed by atoms with van der Waals surface area (Å²) in [6.07, 6.45) is -9.74. The number of rotatable bonds is 1. The quantitative estimate of drug-likeness (QED) is 0.746. The summed E-state index contributed by atoms with van der Waals surface area (Å²) in [5.74, 6) is -2.53. The van der Waals surface area contributed by atoms with Gasteiger partial charge in [-0.25, -0.2) is 0 Å². The summed E-state index contributed by atoms with van der Waals surface area (Å²) in [6.45, 7) is -0.534. The van der Waals surface area contributed by atoms with Gasteiger partial charge >= 0.3 is 18.4 Å². The van der Waals surface area contributed by atoms with Gasteiger partial charge in [-0.2, -0.15) is 13.2 Å². The van der Waals surface area contributed by atoms with Crippen LogP contribution in [-0.4, -0.2) is 29.9 Å². The molecule has 0 radical (unpaired) electrons. The molecule has 2 rings (SSSR count). The lowest BCUT2D eigenvalue weighted by Crippen LogP contribution is -2.43. The molecule has 21 heavy (non-hydrogen) atoms. The highest BCUT2D eigenvalue weighted by Gasteiger charge is 2.43. The SMILES string of the molecule is O=C(N1CCc2ccc(OC(F)(F)F)cc2C1)C(F)(F)F. The molecule has 0 atom stereocenters. The van der Waals surface area contributed by atoms with Crippen molar-refractivity contribution in [3.8, 4) is 5.75 Å². The van der Waals surface area contributed by atoms with Gasteiger partial charge in [0.05, 0.1) is 0 Å². The van der Waals surface area contributed by atoms with Crippen molar-refractivity contribution in [2.75, 3.05) is 6.54 Å². The van der Waals surface area contributed by atoms with Crippen LogP contribution in [0, 0.1) is 0 Å². The van der Waals surface area contributed by atoms with E-state index in [0.29, 0.717) is 10.5 Å². The monoisotopic (exact) mass is 313 g/mol. The number of carbonyl (C=O) groups is 1. The Morgan fingerprint density at radius 1 is 1.10 bits per heavy atom. The smallest absolute Gasteiger partial charge is 0.406 e. The molecule has 0 saturated carbocycles. The van der Waals surface area contributed by atoms with Crippen LogP contribution in [0.25, 0.3) is 0 Å². The van der Waals surface area contributed by atoms with Crippen molar-refractivity contribution in [3.63, 3.8) is 0 Å². The third kappa shape index (κ3) is 3.79. The molecule has 1 heterocycles. The van der Waals surface area contributed by atoms with E-state index in [2.05, 4.69) is 4.74 Å². The van der Waals surface area contributed by atoms with Gasteiger partial charge in [0, 0.05) is 13.1 Å². The molecule has 1 aliphatic heterocycles. The van der Waals surface area contributed by atoms with Gasteiger partial charge in [0.25, 0.3) is 0 Å². The van der Waals surface area contributed by atoms with E-state index in [1.165, 1.54) is 6.07 Å². The molecule has 0 aromatic heterocycles. The molecule has 9 heteroatoms. The normalized spacial score (nSPS) is 15.6. The van der Waals surface area contributed by atoms with E-state index >= 15 is 0 Å². The molecule has 1 aromatic carbocycles. The van der Waals surface area contributed by atoms with Crippen LogP contribution in [0.15, 0.2) is 18.2 Å². The average Bonchev–Trinajstić information content (AvgIpc) is 2.34. The molecular formula is C12H9F6NO2. The van der Waals surface area contributed by atoms with E-state index in [0.717, 1.165) is 12.1 Å². The molecule has 1 aromatic rings. The number of amides is 1. The summed E-state index contributed by atoms with van der Waals surface area (Å²) < 4.78 is 77.0. The van der Waals surface area contributed by atoms with Crippen molar-refractivity contribution < 1.29 is 35.9 Å². The predicted octanol–water partition coefficient (Wildman–Crippen LogP) is 3.03. The number of fused-ring (bicyclic) bond motifs is 1. The van der Waals surface area contributed by atoms with E-state index in [9.17, 15) is 31.1 Å². The second-order valence-corrected chi connectivity index (χ2v) is 4.45. The van der Waals surface area contributed by atoms with Gasteiger partial charge in [-0.3, -0.25) is 4.79 Å². The van der Waals surface area contributed by atoms with Crippen molar-refractivity contribution in [2.45, 2.75) is 25.5 Å². The fourth-order valence-corrected chi connectivity index (χ4v) is 2.08. The summed E-state index contributed by atoms with van der Waals surface area (Å²) in [5, 5.41) is 0. The number of nitrogens with zero attached hydrogens (tertiary/aromatic N) is 1. The zero-order valence-electron chi connectivity index (χ0n) is 10.4. The highest BCUT2D eigenvalue weighted by Crippen LogP contribution is 2.29. The zero-order chi connectivity index (χ0) is 15.8. The average molecular weight is 313 g/mol. The molecule has 0 bridgehead atoms. The maximum Gasteiger partial charge on any atom is 0.573 e. The summed E-state index contributed by atoms with van der Waals surface area (Å²) >= 11 is 0. The minimum Gasteiger partial charge on any atom is -0.406 e. The van der Waals surface area contributed by atoms with Gasteiger partial charge in [-0.05, 0) is 29.7 Å². The summed E-state index contributed by atoms with van der Waals surface area (Å²) in [4.78, 5) is 11.7. The summed E-state index contributed by atoms with van der Waals surface area (Å²) in [6, 6.07) is 3.44. The molecule has 1 aliphatic rings. The predicted molar refractivity (Wildman–Crippen MR) is 58.3 cm³/mol. The Morgan fingerprint density at radius 3 is 2.33 bits per heavy atom. The fraction of sp³-hybridized carbons (Fsp3) is 0.417. The Balaban J connectivity index is 2.19. The first kappa shape index (κ1) is 15.5. The molecule has 0 saturated heterocycles. The van der Waals surface area contributed by atoms with Gasteiger partial charge in [-0.1, -0.05) is 6.07 Å². The molecule has 0 N–H and O–H groups in total. The molecule has 0 fully saturated rings. The lowest BCUT2D eigenvalue weighted by atomic mass is 9.99. The van der Waals surface area contributed by atoms with Crippen LogP contribution in [0.5, 0.6) is 5.75 Å². The number of carbonyl (C=O) groups excluding carboxylic acids is 1. The lowest BCUT2D eigenvalue weighted by molar-refractivity contribution is -0.274. The lowest BCUT2D eigenvalue weighted by Gasteiger charge is -2.29. The Kier molecular flexibility index (Phi) is 3.77. The highest BCUT2D eigenvalue weighted by atomic mass is 19.4. The summed E-state index contributed by atoms with van der Waals surface area (Å²) in [7, 11) is 0. The third-order valence-corrected chi connectivity index (χ3v) is 2.95. The first-order chi connectivity index (χ1) is 9.56. The first-order valence-electron chi connectivity index (χ1n) is 5.80. The van der Waals surface area contributed by atoms with Gasteiger partial charge in [0.2, 0.25) is 0 Å². The second kappa shape index (κ2) is 5.12. The highest BCUT2D eigenvalue weighted by molar-refractivity contribution is 5.82. The van der Waals surface area contributed by atoms with Crippen LogP contribution in [-0.2, 0) is 17.8 Å². The maximum atomic E-state index is 12.3. The van der Waals surface area contributed by atoms with Crippen LogP contribution in [0.1, 0.15) is 11.1 Å². The minimum atomic E-state index is -5.00. The largest absolute Gasteiger partial charge is 0.573 e. The Hall–Kier alpha value is -1.93.